The van der Waals surface area contributed by atoms with Crippen LogP contribution in [0.15, 0.2) is 48.8 Å². The Balaban J connectivity index is 2.02. The van der Waals surface area contributed by atoms with Crippen LogP contribution in [-0.2, 0) is 6.18 Å². The van der Waals surface area contributed by atoms with Crippen molar-refractivity contribution in [2.75, 3.05) is 23.8 Å². The fraction of sp³-hybridized carbons (Fsp3) is 0.211. The van der Waals surface area contributed by atoms with E-state index in [0.29, 0.717) is 24.2 Å². The third kappa shape index (κ3) is 5.17. The van der Waals surface area contributed by atoms with Crippen molar-refractivity contribution >= 4 is 17.5 Å². The van der Waals surface area contributed by atoms with Gasteiger partial charge in [-0.25, -0.2) is 9.37 Å². The molecule has 0 saturated heterocycles. The standard InChI is InChI=1S/C19H17F4N5O/c20-14-6-1-5-13(19(21,22)23)17(14)27-16-10-15(12-4-2-7-24-11-12)26-18(28-16)25-8-3-9-29/h1-2,4-7,10-11,29H,3,8-9H2,(H2,25,26,27,28). The van der Waals surface area contributed by atoms with Crippen LogP contribution in [0, 0.1) is 5.82 Å². The maximum atomic E-state index is 14.2. The summed E-state index contributed by atoms with van der Waals surface area (Å²) in [5, 5.41) is 14.2. The summed E-state index contributed by atoms with van der Waals surface area (Å²) in [4.78, 5) is 12.4. The fourth-order valence-electron chi connectivity index (χ4n) is 2.55. The van der Waals surface area contributed by atoms with Gasteiger partial charge in [0.2, 0.25) is 5.95 Å². The number of para-hydroxylation sites is 1. The van der Waals surface area contributed by atoms with Crippen molar-refractivity contribution in [1.29, 1.82) is 0 Å². The van der Waals surface area contributed by atoms with E-state index in [0.717, 1.165) is 18.2 Å². The number of alkyl halides is 3. The lowest BCUT2D eigenvalue weighted by Gasteiger charge is -2.16. The Bertz CT molecular complexity index is 967. The van der Waals surface area contributed by atoms with Crippen molar-refractivity contribution in [3.8, 4) is 11.3 Å². The smallest absolute Gasteiger partial charge is 0.396 e. The quantitative estimate of drug-likeness (QED) is 0.402. The van der Waals surface area contributed by atoms with Gasteiger partial charge in [-0.2, -0.15) is 18.2 Å². The minimum atomic E-state index is -4.74. The van der Waals surface area contributed by atoms with Crippen LogP contribution in [0.25, 0.3) is 11.3 Å². The van der Waals surface area contributed by atoms with Gasteiger partial charge in [0.15, 0.2) is 0 Å². The Morgan fingerprint density at radius 1 is 1.07 bits per heavy atom. The summed E-state index contributed by atoms with van der Waals surface area (Å²) in [6.45, 7) is 0.296. The average Bonchev–Trinajstić information content (AvgIpc) is 2.69. The number of pyridine rings is 1. The molecule has 0 atom stereocenters. The fourth-order valence-corrected chi connectivity index (χ4v) is 2.55. The maximum absolute atomic E-state index is 14.2. The molecule has 3 aromatic rings. The normalized spacial score (nSPS) is 11.3. The largest absolute Gasteiger partial charge is 0.418 e. The number of hydrogen-bond acceptors (Lipinski definition) is 6. The number of hydrogen-bond donors (Lipinski definition) is 3. The third-order valence-corrected chi connectivity index (χ3v) is 3.87. The number of aromatic nitrogens is 3. The number of nitrogens with zero attached hydrogens (tertiary/aromatic N) is 3. The van der Waals surface area contributed by atoms with Crippen molar-refractivity contribution < 1.29 is 22.7 Å². The van der Waals surface area contributed by atoms with Crippen LogP contribution in [0.5, 0.6) is 0 Å². The predicted molar refractivity (Wildman–Crippen MR) is 100 cm³/mol. The molecule has 6 nitrogen and oxygen atoms in total. The highest BCUT2D eigenvalue weighted by Gasteiger charge is 2.35. The topological polar surface area (TPSA) is 83.0 Å². The van der Waals surface area contributed by atoms with Crippen LogP contribution in [0.2, 0.25) is 0 Å². The van der Waals surface area contributed by atoms with Crippen molar-refractivity contribution in [2.24, 2.45) is 0 Å². The Kier molecular flexibility index (Phi) is 6.23. The highest BCUT2D eigenvalue weighted by Crippen LogP contribution is 2.37. The molecular formula is C19H17F4N5O. The molecule has 10 heteroatoms. The lowest BCUT2D eigenvalue weighted by Crippen LogP contribution is -2.12. The Labute approximate surface area is 163 Å². The van der Waals surface area contributed by atoms with Crippen LogP contribution in [-0.4, -0.2) is 33.2 Å². The van der Waals surface area contributed by atoms with Gasteiger partial charge < -0.3 is 15.7 Å². The monoisotopic (exact) mass is 407 g/mol. The molecule has 2 aromatic heterocycles. The van der Waals surface area contributed by atoms with E-state index >= 15 is 0 Å². The van der Waals surface area contributed by atoms with Gasteiger partial charge in [-0.05, 0) is 30.7 Å². The van der Waals surface area contributed by atoms with Crippen molar-refractivity contribution in [3.05, 3.63) is 60.2 Å². The first-order valence-corrected chi connectivity index (χ1v) is 8.65. The summed E-state index contributed by atoms with van der Waals surface area (Å²) >= 11 is 0. The number of benzene rings is 1. The molecule has 152 valence electrons. The zero-order valence-electron chi connectivity index (χ0n) is 15.0. The molecule has 0 bridgehead atoms. The second kappa shape index (κ2) is 8.82. The highest BCUT2D eigenvalue weighted by molar-refractivity contribution is 5.68. The molecule has 0 fully saturated rings. The zero-order valence-corrected chi connectivity index (χ0v) is 15.0. The number of anilines is 3. The van der Waals surface area contributed by atoms with Gasteiger partial charge in [-0.1, -0.05) is 6.07 Å². The molecule has 0 amide bonds. The molecule has 0 radical (unpaired) electrons. The Morgan fingerprint density at radius 3 is 2.59 bits per heavy atom. The second-order valence-corrected chi connectivity index (χ2v) is 5.99. The molecular weight excluding hydrogens is 390 g/mol. The van der Waals surface area contributed by atoms with E-state index in [1.165, 1.54) is 12.3 Å². The average molecular weight is 407 g/mol. The van der Waals surface area contributed by atoms with Crippen molar-refractivity contribution in [2.45, 2.75) is 12.6 Å². The summed E-state index contributed by atoms with van der Waals surface area (Å²) in [5.41, 5.74) is -0.884. The highest BCUT2D eigenvalue weighted by atomic mass is 19.4. The first-order chi connectivity index (χ1) is 13.9. The summed E-state index contributed by atoms with van der Waals surface area (Å²) in [6, 6.07) is 7.52. The molecule has 0 unspecified atom stereocenters. The minimum Gasteiger partial charge on any atom is -0.396 e. The predicted octanol–water partition coefficient (Wildman–Crippen LogP) is 4.23. The summed E-state index contributed by atoms with van der Waals surface area (Å²) in [7, 11) is 0. The van der Waals surface area contributed by atoms with E-state index < -0.39 is 23.2 Å². The lowest BCUT2D eigenvalue weighted by atomic mass is 10.1. The molecule has 0 saturated carbocycles. The van der Waals surface area contributed by atoms with E-state index in [-0.39, 0.29) is 18.4 Å². The van der Waals surface area contributed by atoms with Gasteiger partial charge in [0.25, 0.3) is 0 Å². The molecule has 29 heavy (non-hydrogen) atoms. The maximum Gasteiger partial charge on any atom is 0.418 e. The first kappa shape index (κ1) is 20.5. The van der Waals surface area contributed by atoms with E-state index in [1.807, 2.05) is 0 Å². The minimum absolute atomic E-state index is 0.0269. The lowest BCUT2D eigenvalue weighted by molar-refractivity contribution is -0.137. The van der Waals surface area contributed by atoms with Gasteiger partial charge in [-0.3, -0.25) is 4.98 Å². The van der Waals surface area contributed by atoms with Gasteiger partial charge in [0.05, 0.1) is 16.9 Å². The number of nitrogens with one attached hydrogen (secondary N) is 2. The molecule has 0 spiro atoms. The number of rotatable bonds is 7. The van der Waals surface area contributed by atoms with Crippen LogP contribution in [0.1, 0.15) is 12.0 Å². The van der Waals surface area contributed by atoms with Crippen LogP contribution >= 0.6 is 0 Å². The third-order valence-electron chi connectivity index (χ3n) is 3.87. The van der Waals surface area contributed by atoms with Crippen LogP contribution in [0.4, 0.5) is 35.0 Å². The Hall–Kier alpha value is -3.27. The summed E-state index contributed by atoms with van der Waals surface area (Å²) in [5.74, 6) is -0.968. The first-order valence-electron chi connectivity index (χ1n) is 8.65. The number of aliphatic hydroxyl groups excluding tert-OH is 1. The van der Waals surface area contributed by atoms with Gasteiger partial charge in [0, 0.05) is 37.2 Å². The second-order valence-electron chi connectivity index (χ2n) is 5.99. The molecule has 3 N–H and O–H groups in total. The van der Waals surface area contributed by atoms with Gasteiger partial charge in [-0.15, -0.1) is 0 Å². The molecule has 0 aliphatic carbocycles. The zero-order chi connectivity index (χ0) is 20.9. The number of halogens is 4. The summed E-state index contributed by atoms with van der Waals surface area (Å²) in [6.07, 6.45) is -1.21. The SMILES string of the molecule is OCCCNc1nc(Nc2c(F)cccc2C(F)(F)F)cc(-c2cccnc2)n1. The van der Waals surface area contributed by atoms with E-state index in [4.69, 9.17) is 5.11 Å². The van der Waals surface area contributed by atoms with Crippen molar-refractivity contribution in [1.82, 2.24) is 15.0 Å². The van der Waals surface area contributed by atoms with E-state index in [2.05, 4.69) is 25.6 Å². The van der Waals surface area contributed by atoms with Crippen molar-refractivity contribution in [3.63, 3.8) is 0 Å². The number of aliphatic hydroxyl groups is 1. The molecule has 2 heterocycles. The molecule has 0 aliphatic heterocycles. The van der Waals surface area contributed by atoms with Crippen LogP contribution < -0.4 is 10.6 Å². The molecule has 0 aliphatic rings. The molecule has 1 aromatic carbocycles. The van der Waals surface area contributed by atoms with E-state index in [9.17, 15) is 17.6 Å². The van der Waals surface area contributed by atoms with Crippen LogP contribution in [0.3, 0.4) is 0 Å². The van der Waals surface area contributed by atoms with E-state index in [1.54, 1.807) is 18.3 Å². The Morgan fingerprint density at radius 2 is 1.90 bits per heavy atom. The molecule has 3 rings (SSSR count). The van der Waals surface area contributed by atoms with Gasteiger partial charge in [0.1, 0.15) is 11.6 Å². The van der Waals surface area contributed by atoms with Gasteiger partial charge >= 0.3 is 6.18 Å². The summed E-state index contributed by atoms with van der Waals surface area (Å²) < 4.78 is 54.0.